The molecule has 0 radical (unpaired) electrons. The van der Waals surface area contributed by atoms with Crippen molar-refractivity contribution < 1.29 is 17.4 Å². The SMILES string of the molecule is CC(=O)N1CCCc2cc(S(=O)(=O)Oc3ccccc3C#N)ccc21. The largest absolute Gasteiger partial charge is 0.378 e. The van der Waals surface area contributed by atoms with Gasteiger partial charge in [-0.3, -0.25) is 4.79 Å². The summed E-state index contributed by atoms with van der Waals surface area (Å²) in [6, 6.07) is 12.6. The zero-order chi connectivity index (χ0) is 18.0. The molecule has 6 nitrogen and oxygen atoms in total. The van der Waals surface area contributed by atoms with Gasteiger partial charge in [0.2, 0.25) is 5.91 Å². The highest BCUT2D eigenvalue weighted by Gasteiger charge is 2.24. The Labute approximate surface area is 146 Å². The molecular weight excluding hydrogens is 340 g/mol. The Kier molecular flexibility index (Phi) is 4.47. The van der Waals surface area contributed by atoms with Gasteiger partial charge in [-0.05, 0) is 48.7 Å². The van der Waals surface area contributed by atoms with Crippen LogP contribution in [-0.4, -0.2) is 20.9 Å². The molecule has 128 valence electrons. The number of fused-ring (bicyclic) bond motifs is 1. The normalized spacial score (nSPS) is 13.7. The highest BCUT2D eigenvalue weighted by Crippen LogP contribution is 2.31. The molecule has 25 heavy (non-hydrogen) atoms. The Morgan fingerprint density at radius 3 is 2.72 bits per heavy atom. The molecule has 0 aromatic heterocycles. The number of nitrogens with zero attached hydrogens (tertiary/aromatic N) is 2. The maximum atomic E-state index is 12.6. The predicted octanol–water partition coefficient (Wildman–Crippen LogP) is 2.63. The van der Waals surface area contributed by atoms with Gasteiger partial charge in [0.05, 0.1) is 5.56 Å². The fraction of sp³-hybridized carbons (Fsp3) is 0.222. The zero-order valence-corrected chi connectivity index (χ0v) is 14.4. The van der Waals surface area contributed by atoms with E-state index in [1.54, 1.807) is 23.1 Å². The van der Waals surface area contributed by atoms with E-state index in [-0.39, 0.29) is 22.1 Å². The predicted molar refractivity (Wildman–Crippen MR) is 91.8 cm³/mol. The first-order valence-electron chi connectivity index (χ1n) is 7.77. The van der Waals surface area contributed by atoms with Crippen molar-refractivity contribution in [3.63, 3.8) is 0 Å². The number of anilines is 1. The molecule has 0 bridgehead atoms. The molecule has 0 fully saturated rings. The van der Waals surface area contributed by atoms with Crippen LogP contribution in [0.25, 0.3) is 0 Å². The number of hydrogen-bond donors (Lipinski definition) is 0. The first kappa shape index (κ1) is 17.0. The first-order chi connectivity index (χ1) is 11.9. The Bertz CT molecular complexity index is 977. The van der Waals surface area contributed by atoms with Gasteiger partial charge in [-0.2, -0.15) is 13.7 Å². The van der Waals surface area contributed by atoms with Crippen molar-refractivity contribution in [1.29, 1.82) is 5.26 Å². The molecule has 0 saturated carbocycles. The lowest BCUT2D eigenvalue weighted by atomic mass is 10.0. The fourth-order valence-corrected chi connectivity index (χ4v) is 3.85. The van der Waals surface area contributed by atoms with Crippen LogP contribution in [-0.2, 0) is 21.3 Å². The number of aryl methyl sites for hydroxylation is 1. The van der Waals surface area contributed by atoms with Crippen LogP contribution in [0.3, 0.4) is 0 Å². The minimum atomic E-state index is -4.07. The number of rotatable bonds is 3. The summed E-state index contributed by atoms with van der Waals surface area (Å²) in [6.45, 7) is 2.11. The molecule has 0 aliphatic carbocycles. The Balaban J connectivity index is 1.96. The molecule has 1 heterocycles. The van der Waals surface area contributed by atoms with E-state index in [0.29, 0.717) is 13.0 Å². The van der Waals surface area contributed by atoms with Gasteiger partial charge >= 0.3 is 10.1 Å². The van der Waals surface area contributed by atoms with Gasteiger partial charge in [-0.15, -0.1) is 0 Å². The Morgan fingerprint density at radius 1 is 1.24 bits per heavy atom. The van der Waals surface area contributed by atoms with E-state index in [2.05, 4.69) is 0 Å². The third kappa shape index (κ3) is 3.35. The first-order valence-corrected chi connectivity index (χ1v) is 9.18. The smallest absolute Gasteiger partial charge is 0.339 e. The van der Waals surface area contributed by atoms with Gasteiger partial charge in [0, 0.05) is 19.2 Å². The quantitative estimate of drug-likeness (QED) is 0.789. The third-order valence-corrected chi connectivity index (χ3v) is 5.28. The number of benzene rings is 2. The van der Waals surface area contributed by atoms with Crippen LogP contribution in [0.4, 0.5) is 5.69 Å². The average molecular weight is 356 g/mol. The number of hydrogen-bond acceptors (Lipinski definition) is 5. The summed E-state index contributed by atoms with van der Waals surface area (Å²) in [7, 11) is -4.07. The van der Waals surface area contributed by atoms with Crippen molar-refractivity contribution in [1.82, 2.24) is 0 Å². The lowest BCUT2D eigenvalue weighted by molar-refractivity contribution is -0.116. The van der Waals surface area contributed by atoms with Crippen LogP contribution in [0.5, 0.6) is 5.75 Å². The van der Waals surface area contributed by atoms with Crippen molar-refractivity contribution in [3.8, 4) is 11.8 Å². The highest BCUT2D eigenvalue weighted by molar-refractivity contribution is 7.87. The minimum absolute atomic E-state index is 0.00407. The summed E-state index contributed by atoms with van der Waals surface area (Å²) in [4.78, 5) is 13.4. The highest BCUT2D eigenvalue weighted by atomic mass is 32.2. The summed E-state index contributed by atoms with van der Waals surface area (Å²) >= 11 is 0. The van der Waals surface area contributed by atoms with E-state index >= 15 is 0 Å². The number of carbonyl (C=O) groups is 1. The second-order valence-electron chi connectivity index (χ2n) is 5.71. The van der Waals surface area contributed by atoms with Crippen molar-refractivity contribution in [2.24, 2.45) is 0 Å². The van der Waals surface area contributed by atoms with Crippen LogP contribution >= 0.6 is 0 Å². The maximum absolute atomic E-state index is 12.6. The Morgan fingerprint density at radius 2 is 2.00 bits per heavy atom. The standard InChI is InChI=1S/C18H16N2O4S/c1-13(21)20-10-4-6-14-11-16(8-9-17(14)20)25(22,23)24-18-7-3-2-5-15(18)12-19/h2-3,5,7-9,11H,4,6,10H2,1H3. The van der Waals surface area contributed by atoms with Gasteiger partial charge < -0.3 is 9.08 Å². The van der Waals surface area contributed by atoms with Crippen molar-refractivity contribution >= 4 is 21.7 Å². The molecule has 0 saturated heterocycles. The average Bonchev–Trinajstić information content (AvgIpc) is 2.60. The van der Waals surface area contributed by atoms with Gasteiger partial charge in [0.15, 0.2) is 5.75 Å². The molecule has 2 aromatic carbocycles. The third-order valence-electron chi connectivity index (χ3n) is 4.05. The number of para-hydroxylation sites is 1. The van der Waals surface area contributed by atoms with Gasteiger partial charge in [0.25, 0.3) is 0 Å². The fourth-order valence-electron chi connectivity index (χ4n) is 2.85. The molecule has 3 rings (SSSR count). The van der Waals surface area contributed by atoms with E-state index in [0.717, 1.165) is 17.7 Å². The molecule has 1 aliphatic rings. The number of amides is 1. The molecule has 0 atom stereocenters. The minimum Gasteiger partial charge on any atom is -0.378 e. The topological polar surface area (TPSA) is 87.5 Å². The van der Waals surface area contributed by atoms with E-state index in [1.165, 1.54) is 31.2 Å². The Hall–Kier alpha value is -2.85. The number of carbonyl (C=O) groups excluding carboxylic acids is 1. The van der Waals surface area contributed by atoms with Crippen LogP contribution in [0, 0.1) is 11.3 Å². The lowest BCUT2D eigenvalue weighted by Crippen LogP contribution is -2.33. The molecular formula is C18H16N2O4S. The summed E-state index contributed by atoms with van der Waals surface area (Å²) in [6.07, 6.45) is 1.46. The molecule has 1 amide bonds. The maximum Gasteiger partial charge on any atom is 0.339 e. The van der Waals surface area contributed by atoms with Crippen LogP contribution in [0.2, 0.25) is 0 Å². The second kappa shape index (κ2) is 6.57. The molecule has 1 aliphatic heterocycles. The molecule has 0 unspecified atom stereocenters. The zero-order valence-electron chi connectivity index (χ0n) is 13.6. The summed E-state index contributed by atoms with van der Waals surface area (Å²) < 4.78 is 30.3. The van der Waals surface area contributed by atoms with E-state index in [4.69, 9.17) is 9.44 Å². The van der Waals surface area contributed by atoms with Crippen LogP contribution in [0.1, 0.15) is 24.5 Å². The number of nitriles is 1. The van der Waals surface area contributed by atoms with Crippen LogP contribution in [0.15, 0.2) is 47.4 Å². The lowest BCUT2D eigenvalue weighted by Gasteiger charge is -2.28. The van der Waals surface area contributed by atoms with Gasteiger partial charge in [-0.1, -0.05) is 12.1 Å². The second-order valence-corrected chi connectivity index (χ2v) is 7.26. The van der Waals surface area contributed by atoms with E-state index in [1.807, 2.05) is 6.07 Å². The molecule has 0 spiro atoms. The summed E-state index contributed by atoms with van der Waals surface area (Å²) in [5.74, 6) is -0.0798. The van der Waals surface area contributed by atoms with Crippen LogP contribution < -0.4 is 9.08 Å². The molecule has 7 heteroatoms. The van der Waals surface area contributed by atoms with Gasteiger partial charge in [-0.25, -0.2) is 0 Å². The summed E-state index contributed by atoms with van der Waals surface area (Å²) in [5.41, 5.74) is 1.67. The van der Waals surface area contributed by atoms with E-state index in [9.17, 15) is 13.2 Å². The monoisotopic (exact) mass is 356 g/mol. The van der Waals surface area contributed by atoms with Crippen molar-refractivity contribution in [3.05, 3.63) is 53.6 Å². The van der Waals surface area contributed by atoms with Crippen molar-refractivity contribution in [2.45, 2.75) is 24.7 Å². The van der Waals surface area contributed by atoms with E-state index < -0.39 is 10.1 Å². The summed E-state index contributed by atoms with van der Waals surface area (Å²) in [5, 5.41) is 9.06. The molecule has 2 aromatic rings. The molecule has 0 N–H and O–H groups in total. The van der Waals surface area contributed by atoms with Gasteiger partial charge in [0.1, 0.15) is 11.0 Å². The van der Waals surface area contributed by atoms with Crippen molar-refractivity contribution in [2.75, 3.05) is 11.4 Å².